The lowest BCUT2D eigenvalue weighted by molar-refractivity contribution is 0.343. The molecule has 0 radical (unpaired) electrons. The number of aromatic nitrogens is 3. The van der Waals surface area contributed by atoms with Gasteiger partial charge in [-0.3, -0.25) is 27.4 Å². The van der Waals surface area contributed by atoms with E-state index in [2.05, 4.69) is 15.0 Å². The van der Waals surface area contributed by atoms with Crippen molar-refractivity contribution in [3.63, 3.8) is 0 Å². The van der Waals surface area contributed by atoms with Gasteiger partial charge in [0.15, 0.2) is 0 Å². The van der Waals surface area contributed by atoms with Crippen molar-refractivity contribution in [1.29, 1.82) is 0 Å². The normalized spacial score (nSPS) is 26.8. The average molecular weight is 846 g/mol. The van der Waals surface area contributed by atoms with E-state index in [1.807, 2.05) is 0 Å². The highest BCUT2D eigenvalue weighted by molar-refractivity contribution is 7.56. The molecule has 1 aromatic rings. The third-order valence-corrected chi connectivity index (χ3v) is 18.5. The predicted octanol–water partition coefficient (Wildman–Crippen LogP) is 3.48. The number of nitrogens with zero attached hydrogens (tertiary/aromatic N) is 6. The number of rotatable bonds is 15. The minimum absolute atomic E-state index is 0.0141. The largest absolute Gasteiger partial charge is 0.350 e. The lowest BCUT2D eigenvalue weighted by atomic mass is 10.7. The summed E-state index contributed by atoms with van der Waals surface area (Å²) in [6.07, 6.45) is -3.35. The number of anilines is 3. The molecule has 7 rings (SSSR count). The van der Waals surface area contributed by atoms with E-state index in [9.17, 15) is 27.4 Å². The van der Waals surface area contributed by atoms with Crippen LogP contribution < -0.4 is 14.7 Å². The van der Waals surface area contributed by atoms with Crippen LogP contribution in [0.15, 0.2) is 0 Å². The summed E-state index contributed by atoms with van der Waals surface area (Å²) in [4.78, 5) is 17.0. The zero-order valence-electron chi connectivity index (χ0n) is 26.9. The number of hydrogen-bond acceptors (Lipinski definition) is 24. The summed E-state index contributed by atoms with van der Waals surface area (Å²) in [6, 6.07) is 0. The van der Waals surface area contributed by atoms with E-state index in [1.54, 1.807) is 0 Å². The molecule has 288 valence electrons. The van der Waals surface area contributed by atoms with Gasteiger partial charge in [-0.1, -0.05) is 0 Å². The van der Waals surface area contributed by atoms with Crippen molar-refractivity contribution in [2.24, 2.45) is 0 Å². The summed E-state index contributed by atoms with van der Waals surface area (Å²) in [5.74, 6) is -1.07. The van der Waals surface area contributed by atoms with Crippen LogP contribution in [-0.2, 0) is 81.7 Å². The Balaban J connectivity index is 1.35. The van der Waals surface area contributed by atoms with Gasteiger partial charge in [0.2, 0.25) is 17.8 Å². The third-order valence-electron chi connectivity index (χ3n) is 7.47. The van der Waals surface area contributed by atoms with Gasteiger partial charge in [-0.2, -0.15) is 15.0 Å². The minimum Gasteiger partial charge on any atom is -0.317 e. The van der Waals surface area contributed by atoms with E-state index in [1.165, 1.54) is 0 Å². The molecule has 7 heterocycles. The van der Waals surface area contributed by atoms with E-state index < -0.39 is 83.3 Å². The molecule has 51 heavy (non-hydrogen) atoms. The highest BCUT2D eigenvalue weighted by atomic mass is 31.2. The number of hydrogen-bond donors (Lipinski definition) is 0. The zero-order valence-corrected chi connectivity index (χ0v) is 32.3. The van der Waals surface area contributed by atoms with Crippen LogP contribution >= 0.6 is 45.6 Å². The fourth-order valence-electron chi connectivity index (χ4n) is 5.37. The standard InChI is InChI=1S/C21H36N6O18P6/c28-46(34-1-2-35-46)13-25(14-47(29)36-3-4-37-47)19-22-20(26(15-48(30)38-5-6-39-48)16-49(31)40-7-8-41-49)24-21(23-19)27(17-50(32)42-9-10-43-50)18-51(33)44-11-12-45-51/h1-18H2. The van der Waals surface area contributed by atoms with Gasteiger partial charge in [0.1, 0.15) is 37.7 Å². The minimum atomic E-state index is -3.87. The molecule has 6 saturated heterocycles. The molecule has 0 spiro atoms. The lowest BCUT2D eigenvalue weighted by Crippen LogP contribution is -2.34. The van der Waals surface area contributed by atoms with E-state index in [0.29, 0.717) is 0 Å². The first-order valence-corrected chi connectivity index (χ1v) is 25.9. The summed E-state index contributed by atoms with van der Waals surface area (Å²) >= 11 is 0. The summed E-state index contributed by atoms with van der Waals surface area (Å²) in [6.45, 7) is 0.169. The van der Waals surface area contributed by atoms with Gasteiger partial charge in [-0.25, -0.2) is 0 Å². The van der Waals surface area contributed by atoms with Gasteiger partial charge in [0.25, 0.3) is 0 Å². The van der Waals surface area contributed by atoms with Crippen molar-refractivity contribution < 1.29 is 81.7 Å². The zero-order chi connectivity index (χ0) is 35.8. The molecule has 0 unspecified atom stereocenters. The molecule has 0 N–H and O–H groups in total. The Morgan fingerprint density at radius 1 is 0.314 bits per heavy atom. The fourth-order valence-corrected chi connectivity index (χ4v) is 15.4. The van der Waals surface area contributed by atoms with Crippen LogP contribution in [0.4, 0.5) is 17.8 Å². The van der Waals surface area contributed by atoms with Crippen LogP contribution in [0.5, 0.6) is 0 Å². The third kappa shape index (κ3) is 9.58. The first kappa shape index (κ1) is 38.6. The Labute approximate surface area is 291 Å². The monoisotopic (exact) mass is 846 g/mol. The molecular weight excluding hydrogens is 810 g/mol. The van der Waals surface area contributed by atoms with Crippen LogP contribution in [0, 0.1) is 0 Å². The van der Waals surface area contributed by atoms with Gasteiger partial charge in [0.05, 0.1) is 79.3 Å². The first-order valence-electron chi connectivity index (χ1n) is 15.6. The topological polar surface area (TPSA) is 262 Å². The van der Waals surface area contributed by atoms with E-state index in [0.717, 1.165) is 14.7 Å². The van der Waals surface area contributed by atoms with E-state index in [-0.39, 0.29) is 97.1 Å². The van der Waals surface area contributed by atoms with Crippen molar-refractivity contribution in [3.8, 4) is 0 Å². The second kappa shape index (κ2) is 15.4. The van der Waals surface area contributed by atoms with Gasteiger partial charge in [-0.05, 0) is 0 Å². The molecule has 6 fully saturated rings. The van der Waals surface area contributed by atoms with Crippen molar-refractivity contribution >= 4 is 63.4 Å². The summed E-state index contributed by atoms with van der Waals surface area (Å²) in [7, 11) is -23.2. The summed E-state index contributed by atoms with van der Waals surface area (Å²) in [5, 5.41) is 0. The van der Waals surface area contributed by atoms with Crippen molar-refractivity contribution in [3.05, 3.63) is 0 Å². The van der Waals surface area contributed by atoms with Crippen LogP contribution in [0.3, 0.4) is 0 Å². The maximum Gasteiger partial charge on any atom is 0.350 e. The van der Waals surface area contributed by atoms with Crippen molar-refractivity contribution in [1.82, 2.24) is 15.0 Å². The fraction of sp³-hybridized carbons (Fsp3) is 0.857. The van der Waals surface area contributed by atoms with E-state index in [4.69, 9.17) is 54.3 Å². The van der Waals surface area contributed by atoms with Gasteiger partial charge < -0.3 is 69.0 Å². The maximum atomic E-state index is 13.6. The molecule has 0 aliphatic carbocycles. The molecule has 6 aliphatic rings. The molecular formula is C21H36N6O18P6. The van der Waals surface area contributed by atoms with Crippen LogP contribution in [0.25, 0.3) is 0 Å². The van der Waals surface area contributed by atoms with Crippen LogP contribution in [0.1, 0.15) is 0 Å². The highest BCUT2D eigenvalue weighted by Crippen LogP contribution is 2.60. The molecule has 0 bridgehead atoms. The molecule has 0 amide bonds. The van der Waals surface area contributed by atoms with Gasteiger partial charge >= 0.3 is 45.6 Å². The highest BCUT2D eigenvalue weighted by Gasteiger charge is 2.44. The Kier molecular flexibility index (Phi) is 11.7. The quantitative estimate of drug-likeness (QED) is 0.229. The lowest BCUT2D eigenvalue weighted by Gasteiger charge is -2.31. The summed E-state index contributed by atoms with van der Waals surface area (Å²) < 4.78 is 146. The molecule has 0 aromatic carbocycles. The average Bonchev–Trinajstić information content (AvgIpc) is 3.94. The molecule has 6 aliphatic heterocycles. The Bertz CT molecular complexity index is 1390. The van der Waals surface area contributed by atoms with E-state index >= 15 is 0 Å². The molecule has 1 aromatic heterocycles. The Hall–Kier alpha value is -0.690. The summed E-state index contributed by atoms with van der Waals surface area (Å²) in [5.41, 5.74) is 0. The molecule has 24 nitrogen and oxygen atoms in total. The SMILES string of the molecule is O=P1(CN(CP2(=O)OCCO2)c2nc(N(CP3(=O)OCCO3)CP3(=O)OCCO3)nc(N(CP3(=O)OCCO3)CP3(=O)OCCO3)n2)OCCO1. The van der Waals surface area contributed by atoms with Gasteiger partial charge in [-0.15, -0.1) is 0 Å². The first-order chi connectivity index (χ1) is 24.3. The van der Waals surface area contributed by atoms with Crippen molar-refractivity contribution in [2.75, 3.05) is 132 Å². The van der Waals surface area contributed by atoms with Crippen LogP contribution in [-0.4, -0.2) is 132 Å². The van der Waals surface area contributed by atoms with Gasteiger partial charge in [0, 0.05) is 0 Å². The Morgan fingerprint density at radius 2 is 0.451 bits per heavy atom. The second-order valence-electron chi connectivity index (χ2n) is 11.4. The molecule has 0 saturated carbocycles. The molecule has 30 heteroatoms. The smallest absolute Gasteiger partial charge is 0.317 e. The van der Waals surface area contributed by atoms with Crippen molar-refractivity contribution in [2.45, 2.75) is 0 Å². The Morgan fingerprint density at radius 3 is 0.588 bits per heavy atom. The van der Waals surface area contributed by atoms with Crippen LogP contribution in [0.2, 0.25) is 0 Å². The second-order valence-corrected chi connectivity index (χ2v) is 23.5. The predicted molar refractivity (Wildman–Crippen MR) is 174 cm³/mol. The molecule has 0 atom stereocenters. The maximum absolute atomic E-state index is 13.6.